The van der Waals surface area contributed by atoms with Crippen molar-refractivity contribution in [2.75, 3.05) is 6.54 Å². The van der Waals surface area contributed by atoms with Gasteiger partial charge in [0.05, 0.1) is 0 Å². The van der Waals surface area contributed by atoms with Gasteiger partial charge in [0.1, 0.15) is 6.04 Å². The van der Waals surface area contributed by atoms with Crippen LogP contribution in [0.1, 0.15) is 46.0 Å². The maximum absolute atomic E-state index is 12.0. The number of carboxylic acids is 1. The van der Waals surface area contributed by atoms with E-state index >= 15 is 0 Å². The van der Waals surface area contributed by atoms with Gasteiger partial charge in [-0.25, -0.2) is 9.59 Å². The van der Waals surface area contributed by atoms with Crippen molar-refractivity contribution < 1.29 is 14.7 Å². The van der Waals surface area contributed by atoms with E-state index < -0.39 is 12.0 Å². The Labute approximate surface area is 102 Å². The van der Waals surface area contributed by atoms with E-state index in [2.05, 4.69) is 5.32 Å². The van der Waals surface area contributed by atoms with E-state index in [4.69, 9.17) is 5.11 Å². The minimum Gasteiger partial charge on any atom is -0.480 e. The Morgan fingerprint density at radius 3 is 2.71 bits per heavy atom. The van der Waals surface area contributed by atoms with Crippen molar-refractivity contribution in [3.8, 4) is 0 Å². The van der Waals surface area contributed by atoms with Crippen molar-refractivity contribution in [3.63, 3.8) is 0 Å². The van der Waals surface area contributed by atoms with Gasteiger partial charge >= 0.3 is 12.0 Å². The standard InChI is InChI=1S/C12H22N2O3/c1-3-10(11(15)16)13-12(17)14-8-6-4-5-7-9(14)2/h9-10H,3-8H2,1-2H3,(H,13,17)(H,15,16)/t9?,10-/m0/s1. The zero-order chi connectivity index (χ0) is 12.8. The second-order valence-corrected chi connectivity index (χ2v) is 4.64. The molecule has 0 saturated carbocycles. The van der Waals surface area contributed by atoms with Crippen LogP contribution < -0.4 is 5.32 Å². The van der Waals surface area contributed by atoms with Crippen LogP contribution in [0.5, 0.6) is 0 Å². The number of hydrogen-bond donors (Lipinski definition) is 2. The van der Waals surface area contributed by atoms with Crippen LogP contribution in [0.15, 0.2) is 0 Å². The molecule has 5 nitrogen and oxygen atoms in total. The number of nitrogens with zero attached hydrogens (tertiary/aromatic N) is 1. The molecule has 1 rings (SSSR count). The van der Waals surface area contributed by atoms with Gasteiger partial charge in [-0.2, -0.15) is 0 Å². The summed E-state index contributed by atoms with van der Waals surface area (Å²) in [7, 11) is 0. The summed E-state index contributed by atoms with van der Waals surface area (Å²) in [6.45, 7) is 4.50. The highest BCUT2D eigenvalue weighted by atomic mass is 16.4. The number of hydrogen-bond acceptors (Lipinski definition) is 2. The van der Waals surface area contributed by atoms with Gasteiger partial charge in [-0.05, 0) is 26.2 Å². The minimum atomic E-state index is -0.969. The lowest BCUT2D eigenvalue weighted by Gasteiger charge is -2.28. The molecule has 1 aliphatic rings. The van der Waals surface area contributed by atoms with Crippen LogP contribution in [0.2, 0.25) is 0 Å². The molecule has 1 aliphatic heterocycles. The second-order valence-electron chi connectivity index (χ2n) is 4.64. The van der Waals surface area contributed by atoms with Gasteiger partial charge in [-0.3, -0.25) is 0 Å². The quantitative estimate of drug-likeness (QED) is 0.793. The van der Waals surface area contributed by atoms with Gasteiger partial charge in [0, 0.05) is 12.6 Å². The molecule has 2 atom stereocenters. The number of nitrogens with one attached hydrogen (secondary N) is 1. The number of carboxylic acid groups (broad SMARTS) is 1. The third-order valence-electron chi connectivity index (χ3n) is 3.32. The molecule has 2 amide bonds. The molecular weight excluding hydrogens is 220 g/mol. The molecule has 1 saturated heterocycles. The summed E-state index contributed by atoms with van der Waals surface area (Å²) < 4.78 is 0. The Bertz CT molecular complexity index is 281. The molecule has 1 heterocycles. The van der Waals surface area contributed by atoms with Crippen LogP contribution in [-0.4, -0.2) is 40.6 Å². The van der Waals surface area contributed by atoms with E-state index in [1.165, 1.54) is 0 Å². The molecule has 0 aromatic carbocycles. The molecule has 0 spiro atoms. The topological polar surface area (TPSA) is 69.6 Å². The van der Waals surface area contributed by atoms with E-state index in [1.54, 1.807) is 11.8 Å². The van der Waals surface area contributed by atoms with Crippen molar-refractivity contribution in [3.05, 3.63) is 0 Å². The fraction of sp³-hybridized carbons (Fsp3) is 0.833. The first-order valence-corrected chi connectivity index (χ1v) is 6.36. The SMILES string of the molecule is CC[C@H](NC(=O)N1CCCCCC1C)C(=O)O. The molecule has 0 radical (unpaired) electrons. The Balaban J connectivity index is 2.58. The van der Waals surface area contributed by atoms with Crippen LogP contribution in [0, 0.1) is 0 Å². The second kappa shape index (κ2) is 6.47. The molecule has 1 unspecified atom stereocenters. The zero-order valence-corrected chi connectivity index (χ0v) is 10.6. The van der Waals surface area contributed by atoms with Gasteiger partial charge in [-0.15, -0.1) is 0 Å². The molecule has 0 bridgehead atoms. The van der Waals surface area contributed by atoms with Crippen molar-refractivity contribution in [1.82, 2.24) is 10.2 Å². The van der Waals surface area contributed by atoms with E-state index in [9.17, 15) is 9.59 Å². The van der Waals surface area contributed by atoms with E-state index in [0.717, 1.165) is 32.2 Å². The molecule has 0 aromatic heterocycles. The Morgan fingerprint density at radius 2 is 2.12 bits per heavy atom. The summed E-state index contributed by atoms with van der Waals surface area (Å²) in [5.74, 6) is -0.969. The third kappa shape index (κ3) is 3.91. The van der Waals surface area contributed by atoms with E-state index in [1.807, 2.05) is 6.92 Å². The molecular formula is C12H22N2O3. The zero-order valence-electron chi connectivity index (χ0n) is 10.6. The van der Waals surface area contributed by atoms with Gasteiger partial charge in [0.15, 0.2) is 0 Å². The number of rotatable bonds is 3. The number of urea groups is 1. The van der Waals surface area contributed by atoms with Crippen molar-refractivity contribution in [2.24, 2.45) is 0 Å². The lowest BCUT2D eigenvalue weighted by molar-refractivity contribution is -0.139. The number of aliphatic carboxylic acids is 1. The summed E-state index contributed by atoms with van der Waals surface area (Å²) in [6, 6.07) is -0.824. The highest BCUT2D eigenvalue weighted by Gasteiger charge is 2.25. The first-order valence-electron chi connectivity index (χ1n) is 6.36. The van der Waals surface area contributed by atoms with Gasteiger partial charge in [0.25, 0.3) is 0 Å². The smallest absolute Gasteiger partial charge is 0.326 e. The number of likely N-dealkylation sites (tertiary alicyclic amines) is 1. The summed E-state index contributed by atoms with van der Waals surface area (Å²) in [4.78, 5) is 24.6. The number of carbonyl (C=O) groups is 2. The number of carbonyl (C=O) groups excluding carboxylic acids is 1. The minimum absolute atomic E-state index is 0.198. The summed E-state index contributed by atoms with van der Waals surface area (Å²) in [6.07, 6.45) is 4.69. The summed E-state index contributed by atoms with van der Waals surface area (Å²) >= 11 is 0. The first kappa shape index (κ1) is 13.8. The normalized spacial score (nSPS) is 22.7. The average Bonchev–Trinajstić information content (AvgIpc) is 2.50. The Morgan fingerprint density at radius 1 is 1.41 bits per heavy atom. The van der Waals surface area contributed by atoms with Crippen molar-refractivity contribution >= 4 is 12.0 Å². The molecule has 17 heavy (non-hydrogen) atoms. The van der Waals surface area contributed by atoms with Crippen LogP contribution in [-0.2, 0) is 4.79 Å². The van der Waals surface area contributed by atoms with Crippen LogP contribution >= 0.6 is 0 Å². The molecule has 98 valence electrons. The molecule has 1 fully saturated rings. The third-order valence-corrected chi connectivity index (χ3v) is 3.32. The maximum Gasteiger partial charge on any atom is 0.326 e. The molecule has 0 aromatic rings. The predicted octanol–water partition coefficient (Wildman–Crippen LogP) is 1.82. The van der Waals surface area contributed by atoms with Crippen molar-refractivity contribution in [2.45, 2.75) is 58.0 Å². The van der Waals surface area contributed by atoms with Gasteiger partial charge < -0.3 is 15.3 Å². The van der Waals surface area contributed by atoms with E-state index in [0.29, 0.717) is 6.42 Å². The van der Waals surface area contributed by atoms with Gasteiger partial charge in [-0.1, -0.05) is 19.8 Å². The average molecular weight is 242 g/mol. The molecule has 5 heteroatoms. The monoisotopic (exact) mass is 242 g/mol. The van der Waals surface area contributed by atoms with Gasteiger partial charge in [0.2, 0.25) is 0 Å². The number of amides is 2. The lowest BCUT2D eigenvalue weighted by atomic mass is 10.1. The highest BCUT2D eigenvalue weighted by Crippen LogP contribution is 2.16. The Kier molecular flexibility index (Phi) is 5.25. The van der Waals surface area contributed by atoms with Crippen LogP contribution in [0.3, 0.4) is 0 Å². The Hall–Kier alpha value is -1.26. The summed E-state index contributed by atoms with van der Waals surface area (Å²) in [5, 5.41) is 11.5. The largest absolute Gasteiger partial charge is 0.480 e. The molecule has 2 N–H and O–H groups in total. The maximum atomic E-state index is 12.0. The van der Waals surface area contributed by atoms with Crippen molar-refractivity contribution in [1.29, 1.82) is 0 Å². The summed E-state index contributed by atoms with van der Waals surface area (Å²) in [5.41, 5.74) is 0. The van der Waals surface area contributed by atoms with Crippen LogP contribution in [0.25, 0.3) is 0 Å². The highest BCUT2D eigenvalue weighted by molar-refractivity contribution is 5.82. The predicted molar refractivity (Wildman–Crippen MR) is 64.9 cm³/mol. The first-order chi connectivity index (χ1) is 8.06. The fourth-order valence-electron chi connectivity index (χ4n) is 2.15. The fourth-order valence-corrected chi connectivity index (χ4v) is 2.15. The lowest BCUT2D eigenvalue weighted by Crippen LogP contribution is -2.50. The molecule has 0 aliphatic carbocycles. The van der Waals surface area contributed by atoms with E-state index in [-0.39, 0.29) is 12.1 Å². The van der Waals surface area contributed by atoms with Crippen LogP contribution in [0.4, 0.5) is 4.79 Å².